The van der Waals surface area contributed by atoms with Crippen molar-refractivity contribution < 1.29 is 48.7 Å². The highest BCUT2D eigenvalue weighted by molar-refractivity contribution is 6.10. The van der Waals surface area contributed by atoms with Crippen molar-refractivity contribution in [2.45, 2.75) is 95.2 Å². The third-order valence-corrected chi connectivity index (χ3v) is 18.4. The number of nitrogens with two attached hydrogens (primary N) is 1. The Morgan fingerprint density at radius 2 is 0.851 bits per heavy atom. The van der Waals surface area contributed by atoms with E-state index in [1.54, 1.807) is 58.2 Å². The first-order chi connectivity index (χ1) is 46.0. The zero-order valence-electron chi connectivity index (χ0n) is 52.4. The fourth-order valence-corrected chi connectivity index (χ4v) is 13.0. The summed E-state index contributed by atoms with van der Waals surface area (Å²) in [5.41, 5.74) is 10.6. The number of anilines is 6. The van der Waals surface area contributed by atoms with Gasteiger partial charge in [-0.05, 0) is 107 Å². The van der Waals surface area contributed by atoms with E-state index in [2.05, 4.69) is 55.6 Å². The third kappa shape index (κ3) is 15.1. The summed E-state index contributed by atoms with van der Waals surface area (Å²) in [6.45, 7) is 9.20. The van der Waals surface area contributed by atoms with Crippen LogP contribution in [-0.4, -0.2) is 205 Å². The van der Waals surface area contributed by atoms with Crippen molar-refractivity contribution in [3.8, 4) is 0 Å². The molecule has 94 heavy (non-hydrogen) atoms. The Bertz CT molecular complexity index is 3970. The highest BCUT2D eigenvalue weighted by Crippen LogP contribution is 2.38. The number of nitrogens with zero attached hydrogens (tertiary/aromatic N) is 18. The fraction of sp³-hybridized carbons (Fsp3) is 0.508. The summed E-state index contributed by atoms with van der Waals surface area (Å²) in [5.74, 6) is 1.88. The molecule has 3 aliphatic heterocycles. The van der Waals surface area contributed by atoms with Gasteiger partial charge in [0, 0.05) is 95.6 Å². The van der Waals surface area contributed by atoms with Crippen LogP contribution >= 0.6 is 0 Å². The number of carboxylic acid groups (broad SMARTS) is 1. The molecule has 3 saturated carbocycles. The van der Waals surface area contributed by atoms with Crippen molar-refractivity contribution in [2.24, 2.45) is 17.8 Å². The Morgan fingerprint density at radius 3 is 1.23 bits per heavy atom. The van der Waals surface area contributed by atoms with Crippen molar-refractivity contribution >= 4 is 75.5 Å². The molecule has 3 aliphatic carbocycles. The Labute approximate surface area is 540 Å². The van der Waals surface area contributed by atoms with E-state index < -0.39 is 5.97 Å². The van der Waals surface area contributed by atoms with Gasteiger partial charge in [-0.3, -0.25) is 23.6 Å². The maximum absolute atomic E-state index is 13.1. The topological polar surface area (TPSA) is 360 Å². The lowest BCUT2D eigenvalue weighted by Crippen LogP contribution is -2.37. The number of rotatable bonds is 14. The summed E-state index contributed by atoms with van der Waals surface area (Å²) in [7, 11) is 0. The summed E-state index contributed by atoms with van der Waals surface area (Å²) < 4.78 is 26.9. The van der Waals surface area contributed by atoms with Crippen LogP contribution in [0.5, 0.6) is 0 Å². The number of carboxylic acids is 1. The lowest BCUT2D eigenvalue weighted by atomic mass is 9.87. The first-order valence-electron chi connectivity index (χ1n) is 32.4. The van der Waals surface area contributed by atoms with Crippen molar-refractivity contribution in [3.05, 3.63) is 109 Å². The molecule has 498 valence electrons. The molecule has 31 heteroatoms. The first-order valence-corrected chi connectivity index (χ1v) is 32.4. The number of aliphatic hydroxyl groups excluding tert-OH is 2. The summed E-state index contributed by atoms with van der Waals surface area (Å²) in [5, 5.41) is 60.1. The molecular weight excluding hydrogens is 1210 g/mol. The third-order valence-electron chi connectivity index (χ3n) is 18.4. The molecule has 12 heterocycles. The standard InChI is InChI=1S/C21H27N7O3.C21H25N7O3.C14H24N4O2.C7H5N3O2/c2*29-14-15-2-4-16(5-3-15)28-13-18(20(25-28)26-8-10-31-11-9-26)24-21(30)17-12-23-27-7-1-6-22-19(17)27;15-13-9-18(12-3-1-11(10-19)2-4-12)16-14(13)17-5-7-20-8-6-17;11-7(12)5-4-9-10-3-1-2-8-6(5)10/h1,6-7,12-13,15-16,29H,2-5,8-11,14H2,(H,24,30);1,6-7,12-16H,2-5,8-11H2,(H,24,30);9,11-12,19H,1-8,10,15H2;1-4H,(H,11,12). The number of aromatic carboxylic acids is 1. The summed E-state index contributed by atoms with van der Waals surface area (Å²) in [6.07, 6.45) is 33.0. The number of aldehydes is 1. The first kappa shape index (κ1) is 64.7. The van der Waals surface area contributed by atoms with Crippen LogP contribution in [0.4, 0.5) is 34.5 Å². The Hall–Kier alpha value is -9.43. The van der Waals surface area contributed by atoms with Crippen LogP contribution in [-0.2, 0) is 19.0 Å². The van der Waals surface area contributed by atoms with Crippen LogP contribution in [0, 0.1) is 17.8 Å². The van der Waals surface area contributed by atoms with E-state index in [0.717, 1.165) is 159 Å². The van der Waals surface area contributed by atoms with Gasteiger partial charge in [0.15, 0.2) is 34.4 Å². The molecule has 0 aromatic carbocycles. The highest BCUT2D eigenvalue weighted by atomic mass is 16.5. The van der Waals surface area contributed by atoms with Gasteiger partial charge in [0.25, 0.3) is 11.8 Å². The average molecular weight is 1290 g/mol. The number of carbonyl (C=O) groups excluding carboxylic acids is 3. The minimum absolute atomic E-state index is 0.121. The van der Waals surface area contributed by atoms with Gasteiger partial charge in [0.1, 0.15) is 34.4 Å². The number of fused-ring (bicyclic) bond motifs is 3. The number of nitrogens with one attached hydrogen (secondary N) is 2. The Kier molecular flexibility index (Phi) is 21.0. The number of amides is 2. The normalized spacial score (nSPS) is 21.7. The predicted octanol–water partition coefficient (Wildman–Crippen LogP) is 5.14. The van der Waals surface area contributed by atoms with E-state index in [0.29, 0.717) is 90.4 Å². The van der Waals surface area contributed by atoms with Crippen LogP contribution < -0.4 is 31.1 Å². The maximum Gasteiger partial charge on any atom is 0.341 e. The second-order valence-electron chi connectivity index (χ2n) is 24.3. The van der Waals surface area contributed by atoms with Crippen molar-refractivity contribution in [1.29, 1.82) is 0 Å². The monoisotopic (exact) mass is 1290 g/mol. The molecule has 15 rings (SSSR count). The quantitative estimate of drug-likeness (QED) is 0.0768. The van der Waals surface area contributed by atoms with E-state index in [9.17, 15) is 29.4 Å². The zero-order chi connectivity index (χ0) is 64.9. The van der Waals surface area contributed by atoms with Crippen molar-refractivity contribution in [2.75, 3.05) is 123 Å². The minimum atomic E-state index is -1.01. The van der Waals surface area contributed by atoms with Crippen LogP contribution in [0.25, 0.3) is 16.9 Å². The molecule has 2 amide bonds. The SMILES string of the molecule is Nc1cn(C2CCC(CO)CC2)nc1N1CCOCC1.O=C(Nc1cn(C2CCC(CO)CC2)nc1N1CCOCC1)c1cnn2cccnc12.O=C(O)c1cnn2cccnc12.O=CC1CCC(n2cc(NC(=O)c3cnn4cccnc34)c(N3CCOCC3)n2)CC1. The summed E-state index contributed by atoms with van der Waals surface area (Å²) >= 11 is 0. The Morgan fingerprint density at radius 1 is 0.500 bits per heavy atom. The molecule has 0 radical (unpaired) electrons. The second-order valence-corrected chi connectivity index (χ2v) is 24.3. The number of aliphatic hydroxyl groups is 2. The van der Waals surface area contributed by atoms with E-state index >= 15 is 0 Å². The second kappa shape index (κ2) is 30.5. The molecule has 9 aromatic heterocycles. The molecule has 3 saturated heterocycles. The van der Waals surface area contributed by atoms with Crippen molar-refractivity contribution in [1.82, 2.24) is 73.1 Å². The van der Waals surface area contributed by atoms with Crippen LogP contribution in [0.2, 0.25) is 0 Å². The van der Waals surface area contributed by atoms with E-state index in [1.807, 2.05) is 32.6 Å². The largest absolute Gasteiger partial charge is 0.477 e. The van der Waals surface area contributed by atoms with Gasteiger partial charge >= 0.3 is 5.97 Å². The van der Waals surface area contributed by atoms with Crippen molar-refractivity contribution in [3.63, 3.8) is 0 Å². The number of ether oxygens (including phenoxy) is 3. The lowest BCUT2D eigenvalue weighted by Gasteiger charge is -2.28. The summed E-state index contributed by atoms with van der Waals surface area (Å²) in [4.78, 5) is 66.8. The van der Waals surface area contributed by atoms with Gasteiger partial charge < -0.3 is 65.4 Å². The number of hydrogen-bond donors (Lipinski definition) is 6. The van der Waals surface area contributed by atoms with Crippen LogP contribution in [0.3, 0.4) is 0 Å². The van der Waals surface area contributed by atoms with E-state index in [1.165, 1.54) is 29.3 Å². The lowest BCUT2D eigenvalue weighted by molar-refractivity contribution is -0.112. The molecule has 0 bridgehead atoms. The molecule has 0 unspecified atom stereocenters. The number of carbonyl (C=O) groups is 4. The molecule has 7 N–H and O–H groups in total. The molecule has 6 fully saturated rings. The number of aromatic nitrogens is 15. The zero-order valence-corrected chi connectivity index (χ0v) is 52.4. The smallest absolute Gasteiger partial charge is 0.341 e. The Balaban J connectivity index is 0.000000127. The minimum Gasteiger partial charge on any atom is -0.477 e. The highest BCUT2D eigenvalue weighted by Gasteiger charge is 2.31. The maximum atomic E-state index is 13.1. The molecule has 31 nitrogen and oxygen atoms in total. The van der Waals surface area contributed by atoms with Gasteiger partial charge in [0.05, 0.1) is 101 Å². The molecular formula is C63H81N21O10. The summed E-state index contributed by atoms with van der Waals surface area (Å²) in [6, 6.07) is 6.14. The van der Waals surface area contributed by atoms with Gasteiger partial charge in [-0.25, -0.2) is 33.3 Å². The van der Waals surface area contributed by atoms with Crippen LogP contribution in [0.1, 0.15) is 126 Å². The van der Waals surface area contributed by atoms with Gasteiger partial charge in [-0.15, -0.1) is 0 Å². The fourth-order valence-electron chi connectivity index (χ4n) is 13.0. The van der Waals surface area contributed by atoms with Gasteiger partial charge in [-0.1, -0.05) is 0 Å². The van der Waals surface area contributed by atoms with E-state index in [4.69, 9.17) is 40.3 Å². The molecule has 0 atom stereocenters. The molecule has 6 aliphatic rings. The van der Waals surface area contributed by atoms with E-state index in [-0.39, 0.29) is 42.0 Å². The predicted molar refractivity (Wildman–Crippen MR) is 345 cm³/mol. The number of hydrogen-bond acceptors (Lipinski definition) is 22. The van der Waals surface area contributed by atoms with Gasteiger partial charge in [0.2, 0.25) is 0 Å². The molecule has 0 spiro atoms. The number of nitrogen functional groups attached to an aromatic ring is 1. The number of morpholine rings is 3. The molecule has 9 aromatic rings. The van der Waals surface area contributed by atoms with Crippen LogP contribution in [0.15, 0.2) is 92.6 Å². The average Bonchev–Trinajstić information content (AvgIpc) is 1.70. The van der Waals surface area contributed by atoms with Gasteiger partial charge in [-0.2, -0.15) is 30.6 Å².